The van der Waals surface area contributed by atoms with Gasteiger partial charge in [0.05, 0.1) is 7.11 Å². The van der Waals surface area contributed by atoms with Crippen LogP contribution in [0, 0.1) is 0 Å². The van der Waals surface area contributed by atoms with Crippen molar-refractivity contribution >= 4 is 0 Å². The first-order chi connectivity index (χ1) is 10.9. The van der Waals surface area contributed by atoms with Gasteiger partial charge in [0, 0.05) is 5.41 Å². The molecular weight excluding hydrogens is 280 g/mol. The molecule has 0 saturated carbocycles. The van der Waals surface area contributed by atoms with E-state index in [0.29, 0.717) is 0 Å². The number of methoxy groups -OCH3 is 1. The highest BCUT2D eigenvalue weighted by molar-refractivity contribution is 5.50. The van der Waals surface area contributed by atoms with Crippen LogP contribution in [0.25, 0.3) is 0 Å². The number of ether oxygens (including phenoxy) is 1. The summed E-state index contributed by atoms with van der Waals surface area (Å²) in [6.07, 6.45) is 1.82. The summed E-state index contributed by atoms with van der Waals surface area (Å²) in [5.41, 5.74) is 6.27. The smallest absolute Gasteiger partial charge is 0.125 e. The lowest BCUT2D eigenvalue weighted by molar-refractivity contribution is 0.405. The standard InChI is InChI=1S/C22H28O/c1-7-17-14-20(15-18(13-16(2)3)21(17)23-6)22(4,5)19-11-9-8-10-12-19/h8-12,14-15H,2,7,13H2,1,3-6H3. The zero-order valence-corrected chi connectivity index (χ0v) is 15.1. The summed E-state index contributed by atoms with van der Waals surface area (Å²) < 4.78 is 5.70. The molecule has 1 heteroatoms. The topological polar surface area (TPSA) is 9.23 Å². The van der Waals surface area contributed by atoms with Crippen LogP contribution in [0.3, 0.4) is 0 Å². The van der Waals surface area contributed by atoms with Crippen molar-refractivity contribution in [1.82, 2.24) is 0 Å². The fourth-order valence-electron chi connectivity index (χ4n) is 3.12. The first-order valence-corrected chi connectivity index (χ1v) is 8.30. The molecule has 23 heavy (non-hydrogen) atoms. The fourth-order valence-corrected chi connectivity index (χ4v) is 3.12. The zero-order valence-electron chi connectivity index (χ0n) is 15.1. The van der Waals surface area contributed by atoms with E-state index in [9.17, 15) is 0 Å². The Morgan fingerprint density at radius 1 is 1.04 bits per heavy atom. The SMILES string of the molecule is C=C(C)Cc1cc(C(C)(C)c2ccccc2)cc(CC)c1OC. The maximum absolute atomic E-state index is 5.70. The van der Waals surface area contributed by atoms with Crippen molar-refractivity contribution in [3.05, 3.63) is 76.9 Å². The van der Waals surface area contributed by atoms with Crippen LogP contribution in [0.15, 0.2) is 54.6 Å². The number of benzene rings is 2. The molecule has 0 amide bonds. The van der Waals surface area contributed by atoms with E-state index in [1.165, 1.54) is 22.3 Å². The van der Waals surface area contributed by atoms with Crippen molar-refractivity contribution < 1.29 is 4.74 Å². The van der Waals surface area contributed by atoms with Gasteiger partial charge in [0.15, 0.2) is 0 Å². The molecule has 0 aromatic heterocycles. The van der Waals surface area contributed by atoms with Gasteiger partial charge in [-0.2, -0.15) is 0 Å². The van der Waals surface area contributed by atoms with E-state index in [2.05, 4.69) is 76.7 Å². The minimum absolute atomic E-state index is 0.0404. The van der Waals surface area contributed by atoms with Crippen molar-refractivity contribution in [3.8, 4) is 5.75 Å². The molecule has 0 aliphatic rings. The third-order valence-electron chi connectivity index (χ3n) is 4.54. The quantitative estimate of drug-likeness (QED) is 0.622. The summed E-state index contributed by atoms with van der Waals surface area (Å²) in [6.45, 7) is 12.9. The predicted molar refractivity (Wildman–Crippen MR) is 99.5 cm³/mol. The molecule has 0 heterocycles. The number of aryl methyl sites for hydroxylation is 1. The molecular formula is C22H28O. The van der Waals surface area contributed by atoms with Gasteiger partial charge in [0.25, 0.3) is 0 Å². The van der Waals surface area contributed by atoms with Crippen LogP contribution in [0.5, 0.6) is 5.75 Å². The highest BCUT2D eigenvalue weighted by Gasteiger charge is 2.25. The molecule has 1 nitrogen and oxygen atoms in total. The van der Waals surface area contributed by atoms with Crippen LogP contribution in [0.1, 0.15) is 49.9 Å². The third kappa shape index (κ3) is 3.67. The molecule has 0 aliphatic heterocycles. The maximum Gasteiger partial charge on any atom is 0.125 e. The summed E-state index contributed by atoms with van der Waals surface area (Å²) in [4.78, 5) is 0. The molecule has 0 aliphatic carbocycles. The third-order valence-corrected chi connectivity index (χ3v) is 4.54. The van der Waals surface area contributed by atoms with E-state index in [1.54, 1.807) is 7.11 Å². The first-order valence-electron chi connectivity index (χ1n) is 8.30. The number of hydrogen-bond donors (Lipinski definition) is 0. The lowest BCUT2D eigenvalue weighted by atomic mass is 9.76. The Morgan fingerprint density at radius 3 is 2.17 bits per heavy atom. The van der Waals surface area contributed by atoms with Crippen LogP contribution in [-0.4, -0.2) is 7.11 Å². The summed E-state index contributed by atoms with van der Waals surface area (Å²) in [5.74, 6) is 1.02. The van der Waals surface area contributed by atoms with Crippen LogP contribution in [0.2, 0.25) is 0 Å². The van der Waals surface area contributed by atoms with E-state index in [4.69, 9.17) is 4.74 Å². The summed E-state index contributed by atoms with van der Waals surface area (Å²) in [6, 6.07) is 15.3. The Labute approximate surface area is 141 Å². The van der Waals surface area contributed by atoms with Gasteiger partial charge in [-0.1, -0.05) is 75.4 Å². The number of hydrogen-bond acceptors (Lipinski definition) is 1. The van der Waals surface area contributed by atoms with Gasteiger partial charge in [0.2, 0.25) is 0 Å². The highest BCUT2D eigenvalue weighted by atomic mass is 16.5. The molecule has 0 unspecified atom stereocenters. The lowest BCUT2D eigenvalue weighted by Gasteiger charge is -2.28. The van der Waals surface area contributed by atoms with E-state index in [-0.39, 0.29) is 5.41 Å². The fraction of sp³-hybridized carbons (Fsp3) is 0.364. The van der Waals surface area contributed by atoms with E-state index in [1.807, 2.05) is 0 Å². The predicted octanol–water partition coefficient (Wildman–Crippen LogP) is 5.70. The van der Waals surface area contributed by atoms with Crippen LogP contribution in [0.4, 0.5) is 0 Å². The van der Waals surface area contributed by atoms with E-state index >= 15 is 0 Å². The molecule has 0 atom stereocenters. The molecule has 0 fully saturated rings. The van der Waals surface area contributed by atoms with Crippen LogP contribution >= 0.6 is 0 Å². The molecule has 0 N–H and O–H groups in total. The summed E-state index contributed by atoms with van der Waals surface area (Å²) in [5, 5.41) is 0. The van der Waals surface area contributed by atoms with Gasteiger partial charge in [0.1, 0.15) is 5.75 Å². The lowest BCUT2D eigenvalue weighted by Crippen LogP contribution is -2.20. The van der Waals surface area contributed by atoms with Gasteiger partial charge < -0.3 is 4.74 Å². The number of rotatable bonds is 6. The van der Waals surface area contributed by atoms with E-state index < -0.39 is 0 Å². The Bertz CT molecular complexity index is 681. The summed E-state index contributed by atoms with van der Waals surface area (Å²) in [7, 11) is 1.76. The van der Waals surface area contributed by atoms with Crippen molar-refractivity contribution in [2.45, 2.75) is 46.0 Å². The average Bonchev–Trinajstić information content (AvgIpc) is 2.54. The van der Waals surface area contributed by atoms with Crippen molar-refractivity contribution in [3.63, 3.8) is 0 Å². The largest absolute Gasteiger partial charge is 0.496 e. The first kappa shape index (κ1) is 17.3. The van der Waals surface area contributed by atoms with Gasteiger partial charge in [-0.15, -0.1) is 0 Å². The second-order valence-corrected chi connectivity index (χ2v) is 6.81. The molecule has 2 aromatic carbocycles. The van der Waals surface area contributed by atoms with Gasteiger partial charge in [-0.05, 0) is 42.0 Å². The Balaban J connectivity index is 2.60. The normalized spacial score (nSPS) is 11.3. The highest BCUT2D eigenvalue weighted by Crippen LogP contribution is 2.37. The average molecular weight is 308 g/mol. The Hall–Kier alpha value is -2.02. The summed E-state index contributed by atoms with van der Waals surface area (Å²) >= 11 is 0. The monoisotopic (exact) mass is 308 g/mol. The molecule has 0 radical (unpaired) electrons. The molecule has 0 bridgehead atoms. The zero-order chi connectivity index (χ0) is 17.0. The van der Waals surface area contributed by atoms with Gasteiger partial charge in [-0.25, -0.2) is 0 Å². The second kappa shape index (κ2) is 7.04. The van der Waals surface area contributed by atoms with Crippen molar-refractivity contribution in [1.29, 1.82) is 0 Å². The Kier molecular flexibility index (Phi) is 5.30. The Morgan fingerprint density at radius 2 is 1.65 bits per heavy atom. The molecule has 2 rings (SSSR count). The van der Waals surface area contributed by atoms with Crippen molar-refractivity contribution in [2.24, 2.45) is 0 Å². The van der Waals surface area contributed by atoms with E-state index in [0.717, 1.165) is 24.2 Å². The van der Waals surface area contributed by atoms with Crippen LogP contribution in [-0.2, 0) is 18.3 Å². The molecule has 0 spiro atoms. The van der Waals surface area contributed by atoms with Crippen molar-refractivity contribution in [2.75, 3.05) is 7.11 Å². The number of allylic oxidation sites excluding steroid dienone is 1. The molecule has 2 aromatic rings. The maximum atomic E-state index is 5.70. The second-order valence-electron chi connectivity index (χ2n) is 6.81. The molecule has 122 valence electrons. The molecule has 0 saturated heterocycles. The van der Waals surface area contributed by atoms with Crippen LogP contribution < -0.4 is 4.74 Å². The minimum atomic E-state index is -0.0404. The van der Waals surface area contributed by atoms with Gasteiger partial charge >= 0.3 is 0 Å². The van der Waals surface area contributed by atoms with Gasteiger partial charge in [-0.3, -0.25) is 0 Å². The minimum Gasteiger partial charge on any atom is -0.496 e.